The molecule has 0 radical (unpaired) electrons. The average Bonchev–Trinajstić information content (AvgIpc) is 2.25. The van der Waals surface area contributed by atoms with Gasteiger partial charge < -0.3 is 0 Å². The van der Waals surface area contributed by atoms with E-state index in [1.165, 1.54) is 5.56 Å². The average molecular weight is 224 g/mol. The zero-order valence-electron chi connectivity index (χ0n) is 9.20. The maximum Gasteiger partial charge on any atom is 0.0386 e. The van der Waals surface area contributed by atoms with E-state index in [0.29, 0.717) is 11.3 Å². The van der Waals surface area contributed by atoms with Crippen molar-refractivity contribution in [3.8, 4) is 0 Å². The summed E-state index contributed by atoms with van der Waals surface area (Å²) in [7, 11) is 0. The van der Waals surface area contributed by atoms with Gasteiger partial charge >= 0.3 is 0 Å². The molecule has 0 spiro atoms. The number of alkyl halides is 1. The van der Waals surface area contributed by atoms with Gasteiger partial charge in [-0.15, -0.1) is 11.6 Å². The molecule has 1 aromatic carbocycles. The van der Waals surface area contributed by atoms with Gasteiger partial charge in [0.1, 0.15) is 0 Å². The number of rotatable bonds is 2. The van der Waals surface area contributed by atoms with Crippen LogP contribution < -0.4 is 0 Å². The Morgan fingerprint density at radius 2 is 2.07 bits per heavy atom. The van der Waals surface area contributed by atoms with Crippen LogP contribution in [0.5, 0.6) is 0 Å². The summed E-state index contributed by atoms with van der Waals surface area (Å²) in [5.41, 5.74) is 1.40. The van der Waals surface area contributed by atoms with Crippen molar-refractivity contribution in [1.29, 1.82) is 0 Å². The van der Waals surface area contributed by atoms with Gasteiger partial charge in [-0.2, -0.15) is 0 Å². The summed E-state index contributed by atoms with van der Waals surface area (Å²) in [5.74, 6) is 0.615. The third kappa shape index (κ3) is 2.96. The van der Waals surface area contributed by atoms with Gasteiger partial charge in [-0.05, 0) is 24.4 Å². The molecule has 2 rings (SSSR count). The summed E-state index contributed by atoms with van der Waals surface area (Å²) >= 11 is 6.21. The molecule has 1 aliphatic heterocycles. The normalized spacial score (nSPS) is 27.9. The first kappa shape index (κ1) is 11.0. The lowest BCUT2D eigenvalue weighted by molar-refractivity contribution is 0.180. The fraction of sp³-hybridized carbons (Fsp3) is 0.538. The Balaban J connectivity index is 1.91. The van der Waals surface area contributed by atoms with Crippen molar-refractivity contribution in [2.24, 2.45) is 5.92 Å². The van der Waals surface area contributed by atoms with Gasteiger partial charge in [0.15, 0.2) is 0 Å². The zero-order chi connectivity index (χ0) is 10.7. The van der Waals surface area contributed by atoms with Crippen molar-refractivity contribution < 1.29 is 0 Å². The highest BCUT2D eigenvalue weighted by Gasteiger charge is 2.23. The van der Waals surface area contributed by atoms with Gasteiger partial charge in [-0.1, -0.05) is 37.3 Å². The van der Waals surface area contributed by atoms with E-state index in [1.54, 1.807) is 0 Å². The lowest BCUT2D eigenvalue weighted by Gasteiger charge is -2.34. The van der Waals surface area contributed by atoms with Crippen LogP contribution in [0.2, 0.25) is 0 Å². The molecule has 0 saturated carbocycles. The van der Waals surface area contributed by atoms with Gasteiger partial charge in [-0.3, -0.25) is 4.90 Å². The number of hydrogen-bond acceptors (Lipinski definition) is 1. The van der Waals surface area contributed by atoms with Crippen LogP contribution in [0.25, 0.3) is 0 Å². The van der Waals surface area contributed by atoms with Crippen LogP contribution in [0.1, 0.15) is 18.9 Å². The molecule has 2 heteroatoms. The zero-order valence-corrected chi connectivity index (χ0v) is 9.95. The first-order chi connectivity index (χ1) is 7.25. The molecule has 0 unspecified atom stereocenters. The molecule has 0 amide bonds. The smallest absolute Gasteiger partial charge is 0.0386 e. The Morgan fingerprint density at radius 1 is 1.33 bits per heavy atom. The predicted molar refractivity (Wildman–Crippen MR) is 65.1 cm³/mol. The standard InChI is InChI=1S/C13H18ClN/c1-11-9-15(8-7-13(11)14)10-12-5-3-2-4-6-12/h2-6,11,13H,7-10H2,1H3/t11-,13-/m1/s1. The highest BCUT2D eigenvalue weighted by atomic mass is 35.5. The molecular weight excluding hydrogens is 206 g/mol. The third-order valence-electron chi connectivity index (χ3n) is 3.13. The minimum Gasteiger partial charge on any atom is -0.299 e. The molecule has 0 aliphatic carbocycles. The van der Waals surface area contributed by atoms with E-state index in [4.69, 9.17) is 11.6 Å². The van der Waals surface area contributed by atoms with Crippen molar-refractivity contribution in [2.75, 3.05) is 13.1 Å². The Bertz CT molecular complexity index is 299. The summed E-state index contributed by atoms with van der Waals surface area (Å²) in [6.45, 7) is 5.57. The SMILES string of the molecule is C[C@@H]1CN(Cc2ccccc2)CC[C@H]1Cl. The van der Waals surface area contributed by atoms with Gasteiger partial charge in [-0.25, -0.2) is 0 Å². The van der Waals surface area contributed by atoms with Crippen molar-refractivity contribution in [2.45, 2.75) is 25.3 Å². The number of nitrogens with zero attached hydrogens (tertiary/aromatic N) is 1. The highest BCUT2D eigenvalue weighted by Crippen LogP contribution is 2.22. The molecule has 0 bridgehead atoms. The van der Waals surface area contributed by atoms with E-state index in [1.807, 2.05) is 0 Å². The van der Waals surface area contributed by atoms with Crippen LogP contribution in [0.4, 0.5) is 0 Å². The summed E-state index contributed by atoms with van der Waals surface area (Å²) in [5, 5.41) is 0.372. The molecule has 1 aromatic rings. The second-order valence-corrected chi connectivity index (χ2v) is 5.06. The first-order valence-corrected chi connectivity index (χ1v) is 6.09. The minimum atomic E-state index is 0.372. The molecular formula is C13H18ClN. The van der Waals surface area contributed by atoms with E-state index in [0.717, 1.165) is 26.1 Å². The third-order valence-corrected chi connectivity index (χ3v) is 3.78. The summed E-state index contributed by atoms with van der Waals surface area (Å²) < 4.78 is 0. The van der Waals surface area contributed by atoms with Crippen LogP contribution in [-0.2, 0) is 6.54 Å². The fourth-order valence-electron chi connectivity index (χ4n) is 2.19. The topological polar surface area (TPSA) is 3.24 Å². The van der Waals surface area contributed by atoms with Crippen molar-refractivity contribution in [1.82, 2.24) is 4.90 Å². The molecule has 1 fully saturated rings. The minimum absolute atomic E-state index is 0.372. The van der Waals surface area contributed by atoms with Crippen LogP contribution in [0, 0.1) is 5.92 Å². The largest absolute Gasteiger partial charge is 0.299 e. The highest BCUT2D eigenvalue weighted by molar-refractivity contribution is 6.20. The van der Waals surface area contributed by atoms with Crippen LogP contribution in [0.15, 0.2) is 30.3 Å². The summed E-state index contributed by atoms with van der Waals surface area (Å²) in [4.78, 5) is 2.50. The molecule has 1 nitrogen and oxygen atoms in total. The Morgan fingerprint density at radius 3 is 2.73 bits per heavy atom. The second kappa shape index (κ2) is 5.00. The maximum atomic E-state index is 6.21. The van der Waals surface area contributed by atoms with Gasteiger partial charge in [0.05, 0.1) is 0 Å². The van der Waals surface area contributed by atoms with Crippen molar-refractivity contribution >= 4 is 11.6 Å². The van der Waals surface area contributed by atoms with E-state index in [9.17, 15) is 0 Å². The molecule has 2 atom stereocenters. The number of piperidine rings is 1. The summed E-state index contributed by atoms with van der Waals surface area (Å²) in [6.07, 6.45) is 1.12. The van der Waals surface area contributed by atoms with Crippen molar-refractivity contribution in [3.05, 3.63) is 35.9 Å². The van der Waals surface area contributed by atoms with Crippen LogP contribution in [-0.4, -0.2) is 23.4 Å². The molecule has 0 aromatic heterocycles. The molecule has 1 saturated heterocycles. The molecule has 82 valence electrons. The monoisotopic (exact) mass is 223 g/mol. The lowest BCUT2D eigenvalue weighted by Crippen LogP contribution is -2.39. The van der Waals surface area contributed by atoms with E-state index >= 15 is 0 Å². The van der Waals surface area contributed by atoms with E-state index < -0.39 is 0 Å². The Hall–Kier alpha value is -0.530. The van der Waals surface area contributed by atoms with Gasteiger partial charge in [0.2, 0.25) is 0 Å². The van der Waals surface area contributed by atoms with Crippen LogP contribution in [0.3, 0.4) is 0 Å². The van der Waals surface area contributed by atoms with E-state index in [2.05, 4.69) is 42.2 Å². The van der Waals surface area contributed by atoms with Gasteiger partial charge in [0.25, 0.3) is 0 Å². The van der Waals surface area contributed by atoms with Crippen molar-refractivity contribution in [3.63, 3.8) is 0 Å². The van der Waals surface area contributed by atoms with Crippen LogP contribution >= 0.6 is 11.6 Å². The Kier molecular flexibility index (Phi) is 3.66. The quantitative estimate of drug-likeness (QED) is 0.697. The molecule has 15 heavy (non-hydrogen) atoms. The number of halogens is 1. The number of benzene rings is 1. The first-order valence-electron chi connectivity index (χ1n) is 5.66. The second-order valence-electron chi connectivity index (χ2n) is 4.50. The Labute approximate surface area is 97.0 Å². The summed E-state index contributed by atoms with van der Waals surface area (Å²) in [6, 6.07) is 10.7. The number of likely N-dealkylation sites (tertiary alicyclic amines) is 1. The predicted octanol–water partition coefficient (Wildman–Crippen LogP) is 3.14. The van der Waals surface area contributed by atoms with E-state index in [-0.39, 0.29) is 0 Å². The molecule has 1 aliphatic rings. The number of hydrogen-bond donors (Lipinski definition) is 0. The molecule has 1 heterocycles. The maximum absolute atomic E-state index is 6.21. The molecule has 0 N–H and O–H groups in total. The lowest BCUT2D eigenvalue weighted by atomic mass is 9.99. The van der Waals surface area contributed by atoms with Gasteiger partial charge in [0, 0.05) is 18.5 Å². The fourth-order valence-corrected chi connectivity index (χ4v) is 2.37.